The summed E-state index contributed by atoms with van der Waals surface area (Å²) in [6, 6.07) is 5.47. The van der Waals surface area contributed by atoms with Gasteiger partial charge in [-0.15, -0.1) is 22.7 Å². The van der Waals surface area contributed by atoms with Gasteiger partial charge < -0.3 is 5.11 Å². The van der Waals surface area contributed by atoms with Gasteiger partial charge in [-0.05, 0) is 30.9 Å². The molecule has 0 bridgehead atoms. The van der Waals surface area contributed by atoms with E-state index in [1.165, 1.54) is 17.4 Å². The van der Waals surface area contributed by atoms with Crippen LogP contribution in [0.5, 0.6) is 0 Å². The van der Waals surface area contributed by atoms with E-state index in [2.05, 4.69) is 4.72 Å². The Morgan fingerprint density at radius 3 is 2.74 bits per heavy atom. The Labute approximate surface area is 120 Å². The largest absolute Gasteiger partial charge is 0.391 e. The fourth-order valence-electron chi connectivity index (χ4n) is 1.71. The molecule has 2 heterocycles. The van der Waals surface area contributed by atoms with Gasteiger partial charge in [0, 0.05) is 21.2 Å². The van der Waals surface area contributed by atoms with Gasteiger partial charge in [0.2, 0.25) is 10.0 Å². The van der Waals surface area contributed by atoms with Crippen molar-refractivity contribution >= 4 is 32.7 Å². The number of sulfonamides is 1. The van der Waals surface area contributed by atoms with Crippen molar-refractivity contribution in [1.29, 1.82) is 0 Å². The van der Waals surface area contributed by atoms with Crippen molar-refractivity contribution in [2.24, 2.45) is 0 Å². The van der Waals surface area contributed by atoms with E-state index in [-0.39, 0.29) is 11.5 Å². The third-order valence-corrected chi connectivity index (χ3v) is 6.30. The fraction of sp³-hybridized carbons (Fsp3) is 0.333. The van der Waals surface area contributed by atoms with Gasteiger partial charge in [0.1, 0.15) is 0 Å². The van der Waals surface area contributed by atoms with Crippen LogP contribution in [0.1, 0.15) is 14.6 Å². The Balaban J connectivity index is 2.03. The molecule has 19 heavy (non-hydrogen) atoms. The number of hydrogen-bond acceptors (Lipinski definition) is 5. The van der Waals surface area contributed by atoms with Crippen LogP contribution in [0.25, 0.3) is 0 Å². The molecule has 2 aromatic heterocycles. The molecule has 2 aromatic rings. The molecule has 0 atom stereocenters. The van der Waals surface area contributed by atoms with E-state index in [0.29, 0.717) is 22.7 Å². The predicted molar refractivity (Wildman–Crippen MR) is 78.2 cm³/mol. The topological polar surface area (TPSA) is 66.4 Å². The van der Waals surface area contributed by atoms with Crippen LogP contribution in [0.4, 0.5) is 0 Å². The van der Waals surface area contributed by atoms with Crippen molar-refractivity contribution in [2.45, 2.75) is 24.8 Å². The lowest BCUT2D eigenvalue weighted by molar-refractivity contribution is 0.285. The summed E-state index contributed by atoms with van der Waals surface area (Å²) in [5, 5.41) is 11.0. The first-order chi connectivity index (χ1) is 9.03. The van der Waals surface area contributed by atoms with Crippen LogP contribution in [0.2, 0.25) is 0 Å². The van der Waals surface area contributed by atoms with E-state index in [0.717, 1.165) is 4.88 Å². The van der Waals surface area contributed by atoms with E-state index in [1.807, 2.05) is 17.5 Å². The van der Waals surface area contributed by atoms with Crippen molar-refractivity contribution in [3.63, 3.8) is 0 Å². The summed E-state index contributed by atoms with van der Waals surface area (Å²) < 4.78 is 26.9. The molecule has 0 spiro atoms. The van der Waals surface area contributed by atoms with Gasteiger partial charge in [0.15, 0.2) is 0 Å². The summed E-state index contributed by atoms with van der Waals surface area (Å²) in [5.41, 5.74) is 0. The maximum atomic E-state index is 12.1. The molecule has 0 fully saturated rings. The molecule has 2 N–H and O–H groups in total. The van der Waals surface area contributed by atoms with Gasteiger partial charge >= 0.3 is 0 Å². The molecule has 0 aromatic carbocycles. The molecule has 2 rings (SSSR count). The van der Waals surface area contributed by atoms with Crippen LogP contribution < -0.4 is 4.72 Å². The second kappa shape index (κ2) is 6.15. The summed E-state index contributed by atoms with van der Waals surface area (Å²) in [7, 11) is -3.48. The van der Waals surface area contributed by atoms with Crippen molar-refractivity contribution in [2.75, 3.05) is 6.54 Å². The van der Waals surface area contributed by atoms with Crippen LogP contribution in [-0.2, 0) is 23.1 Å². The third-order valence-electron chi connectivity index (χ3n) is 2.61. The molecule has 0 aliphatic carbocycles. The molecule has 0 aliphatic rings. The van der Waals surface area contributed by atoms with E-state index in [9.17, 15) is 8.42 Å². The molecule has 0 saturated carbocycles. The second-order valence-corrected chi connectivity index (χ2v) is 8.13. The minimum atomic E-state index is -3.48. The van der Waals surface area contributed by atoms with Crippen LogP contribution in [0.3, 0.4) is 0 Å². The van der Waals surface area contributed by atoms with Gasteiger partial charge in [-0.25, -0.2) is 13.1 Å². The molecule has 0 aliphatic heterocycles. The zero-order valence-electron chi connectivity index (χ0n) is 10.4. The SMILES string of the molecule is Cc1sc(CO)cc1S(=O)(=O)NCCc1cccs1. The highest BCUT2D eigenvalue weighted by Crippen LogP contribution is 2.25. The third kappa shape index (κ3) is 3.64. The number of aliphatic hydroxyl groups is 1. The van der Waals surface area contributed by atoms with Crippen LogP contribution in [0.15, 0.2) is 28.5 Å². The summed E-state index contributed by atoms with van der Waals surface area (Å²) in [6.45, 7) is 2.00. The Morgan fingerprint density at radius 1 is 1.37 bits per heavy atom. The van der Waals surface area contributed by atoms with Crippen molar-refractivity contribution in [1.82, 2.24) is 4.72 Å². The lowest BCUT2D eigenvalue weighted by atomic mass is 10.3. The second-order valence-electron chi connectivity index (χ2n) is 4.02. The van der Waals surface area contributed by atoms with Gasteiger partial charge in [-0.3, -0.25) is 0 Å². The molecule has 0 amide bonds. The zero-order valence-corrected chi connectivity index (χ0v) is 12.9. The Kier molecular flexibility index (Phi) is 4.75. The number of hydrogen-bond donors (Lipinski definition) is 2. The molecular formula is C12H15NO3S3. The van der Waals surface area contributed by atoms with E-state index < -0.39 is 10.0 Å². The predicted octanol–water partition coefficient (Wildman–Crippen LogP) is 2.13. The Hall–Kier alpha value is -0.730. The average Bonchev–Trinajstić information content (AvgIpc) is 2.98. The minimum absolute atomic E-state index is 0.129. The van der Waals surface area contributed by atoms with Crippen LogP contribution in [-0.4, -0.2) is 20.1 Å². The number of aryl methyl sites for hydroxylation is 1. The number of rotatable bonds is 6. The Bertz CT molecular complexity index is 629. The number of thiophene rings is 2. The van der Waals surface area contributed by atoms with Gasteiger partial charge in [0.05, 0.1) is 11.5 Å². The highest BCUT2D eigenvalue weighted by Gasteiger charge is 2.19. The first-order valence-electron chi connectivity index (χ1n) is 5.75. The molecule has 0 saturated heterocycles. The van der Waals surface area contributed by atoms with Crippen LogP contribution >= 0.6 is 22.7 Å². The highest BCUT2D eigenvalue weighted by molar-refractivity contribution is 7.89. The summed E-state index contributed by atoms with van der Waals surface area (Å²) in [5.74, 6) is 0. The zero-order chi connectivity index (χ0) is 13.9. The molecule has 0 unspecified atom stereocenters. The first kappa shape index (κ1) is 14.7. The van der Waals surface area contributed by atoms with E-state index >= 15 is 0 Å². The van der Waals surface area contributed by atoms with Crippen molar-refractivity contribution in [3.8, 4) is 0 Å². The van der Waals surface area contributed by atoms with Crippen molar-refractivity contribution in [3.05, 3.63) is 38.2 Å². The quantitative estimate of drug-likeness (QED) is 0.858. The Morgan fingerprint density at radius 2 is 2.16 bits per heavy atom. The summed E-state index contributed by atoms with van der Waals surface area (Å²) in [4.78, 5) is 2.79. The minimum Gasteiger partial charge on any atom is -0.391 e. The normalized spacial score (nSPS) is 11.9. The lowest BCUT2D eigenvalue weighted by Gasteiger charge is -2.05. The van der Waals surface area contributed by atoms with Gasteiger partial charge in [-0.2, -0.15) is 0 Å². The van der Waals surface area contributed by atoms with Gasteiger partial charge in [0.25, 0.3) is 0 Å². The fourth-order valence-corrected chi connectivity index (χ4v) is 4.94. The maximum Gasteiger partial charge on any atom is 0.241 e. The summed E-state index contributed by atoms with van der Waals surface area (Å²) in [6.07, 6.45) is 0.687. The average molecular weight is 317 g/mol. The summed E-state index contributed by atoms with van der Waals surface area (Å²) >= 11 is 2.92. The molecular weight excluding hydrogens is 302 g/mol. The first-order valence-corrected chi connectivity index (χ1v) is 8.93. The van der Waals surface area contributed by atoms with E-state index in [4.69, 9.17) is 5.11 Å². The lowest BCUT2D eigenvalue weighted by Crippen LogP contribution is -2.25. The van der Waals surface area contributed by atoms with Gasteiger partial charge in [-0.1, -0.05) is 6.07 Å². The maximum absolute atomic E-state index is 12.1. The number of aliphatic hydroxyl groups excluding tert-OH is 1. The molecule has 4 nitrogen and oxygen atoms in total. The molecule has 0 radical (unpaired) electrons. The van der Waals surface area contributed by atoms with Crippen LogP contribution in [0, 0.1) is 6.92 Å². The van der Waals surface area contributed by atoms with E-state index in [1.54, 1.807) is 18.3 Å². The molecule has 104 valence electrons. The standard InChI is InChI=1S/C12H15NO3S3/c1-9-12(7-11(8-14)18-9)19(15,16)13-5-4-10-3-2-6-17-10/h2-3,6-7,13-14H,4-5,8H2,1H3. The van der Waals surface area contributed by atoms with Crippen molar-refractivity contribution < 1.29 is 13.5 Å². The monoisotopic (exact) mass is 317 g/mol. The molecule has 7 heteroatoms. The number of nitrogens with one attached hydrogen (secondary N) is 1. The smallest absolute Gasteiger partial charge is 0.241 e. The highest BCUT2D eigenvalue weighted by atomic mass is 32.2.